The topological polar surface area (TPSA) is 117 Å². The number of hydrogen-bond donors (Lipinski definition) is 2. The van der Waals surface area contributed by atoms with E-state index in [-0.39, 0.29) is 12.1 Å². The number of nitrogens with two attached hydrogens (primary N) is 2. The Bertz CT molecular complexity index is 449. The van der Waals surface area contributed by atoms with E-state index in [9.17, 15) is 23.3 Å². The van der Waals surface area contributed by atoms with Crippen LogP contribution in [0.4, 0.5) is 24.7 Å². The van der Waals surface area contributed by atoms with E-state index in [1.54, 1.807) is 0 Å². The fourth-order valence-electron chi connectivity index (χ4n) is 1.02. The predicted molar refractivity (Wildman–Crippen MR) is 49.9 cm³/mol. The Labute approximate surface area is 92.3 Å². The molecule has 0 aromatic carbocycles. The summed E-state index contributed by atoms with van der Waals surface area (Å²) in [7, 11) is 0. The molecule has 1 aromatic rings. The monoisotopic (exact) mass is 252 g/mol. The fraction of sp³-hybridized carbons (Fsp3) is 0.286. The van der Waals surface area contributed by atoms with Crippen molar-refractivity contribution in [1.82, 2.24) is 4.98 Å². The maximum Gasteiger partial charge on any atom is 0.575 e. The normalized spacial score (nSPS) is 11.3. The number of alkyl halides is 3. The summed E-state index contributed by atoms with van der Waals surface area (Å²) < 4.78 is 39.4. The van der Waals surface area contributed by atoms with Crippen LogP contribution in [0.3, 0.4) is 0 Å². The molecule has 4 N–H and O–H groups in total. The van der Waals surface area contributed by atoms with Gasteiger partial charge in [-0.05, 0) is 4.92 Å². The van der Waals surface area contributed by atoms with Gasteiger partial charge >= 0.3 is 18.1 Å². The van der Waals surface area contributed by atoms with Gasteiger partial charge in [-0.1, -0.05) is 0 Å². The summed E-state index contributed by atoms with van der Waals surface area (Å²) in [5, 5.41) is 10.4. The summed E-state index contributed by atoms with van der Waals surface area (Å²) in [6.07, 6.45) is -5.04. The molecule has 0 aliphatic rings. The molecule has 0 saturated carbocycles. The third-order valence-electron chi connectivity index (χ3n) is 1.72. The summed E-state index contributed by atoms with van der Waals surface area (Å²) in [6.45, 7) is -0.274. The number of nitrogen functional groups attached to an aromatic ring is 1. The Morgan fingerprint density at radius 3 is 2.53 bits per heavy atom. The number of anilines is 1. The van der Waals surface area contributed by atoms with Gasteiger partial charge in [0, 0.05) is 23.2 Å². The first-order chi connectivity index (χ1) is 7.74. The first-order valence-electron chi connectivity index (χ1n) is 4.14. The van der Waals surface area contributed by atoms with Gasteiger partial charge in [0.1, 0.15) is 5.69 Å². The van der Waals surface area contributed by atoms with Crippen molar-refractivity contribution in [2.45, 2.75) is 12.9 Å². The average Bonchev–Trinajstić information content (AvgIpc) is 2.18. The molecule has 10 heteroatoms. The summed E-state index contributed by atoms with van der Waals surface area (Å²) in [5.74, 6) is -1.90. The molecule has 0 unspecified atom stereocenters. The lowest BCUT2D eigenvalue weighted by Gasteiger charge is -2.09. The summed E-state index contributed by atoms with van der Waals surface area (Å²) >= 11 is 0. The minimum atomic E-state index is -5.04. The second-order valence-electron chi connectivity index (χ2n) is 2.87. The van der Waals surface area contributed by atoms with Gasteiger partial charge in [0.25, 0.3) is 0 Å². The molecule has 1 heterocycles. The van der Waals surface area contributed by atoms with Crippen molar-refractivity contribution in [1.29, 1.82) is 0 Å². The molecule has 0 fully saturated rings. The lowest BCUT2D eigenvalue weighted by molar-refractivity contribution is -0.390. The van der Waals surface area contributed by atoms with Crippen LogP contribution in [0, 0.1) is 10.1 Å². The number of ether oxygens (including phenoxy) is 1. The highest BCUT2D eigenvalue weighted by Gasteiger charge is 2.36. The highest BCUT2D eigenvalue weighted by atomic mass is 19.4. The lowest BCUT2D eigenvalue weighted by atomic mass is 10.2. The Morgan fingerprint density at radius 1 is 1.53 bits per heavy atom. The molecule has 0 spiro atoms. The molecule has 0 amide bonds. The number of pyridine rings is 1. The van der Waals surface area contributed by atoms with Gasteiger partial charge < -0.3 is 26.3 Å². The van der Waals surface area contributed by atoms with E-state index < -0.39 is 28.7 Å². The van der Waals surface area contributed by atoms with E-state index in [4.69, 9.17) is 11.5 Å². The molecule has 0 saturated heterocycles. The van der Waals surface area contributed by atoms with Crippen LogP contribution in [0.25, 0.3) is 0 Å². The third-order valence-corrected chi connectivity index (χ3v) is 1.72. The van der Waals surface area contributed by atoms with E-state index in [0.29, 0.717) is 0 Å². The second-order valence-corrected chi connectivity index (χ2v) is 2.87. The van der Waals surface area contributed by atoms with Crippen LogP contribution in [-0.4, -0.2) is 16.3 Å². The SMILES string of the molecule is NCc1cc([N+](=O)[O-])nc(OC(F)(F)F)c1N. The smallest absolute Gasteiger partial charge is 0.392 e. The van der Waals surface area contributed by atoms with Gasteiger partial charge in [-0.3, -0.25) is 0 Å². The number of aromatic nitrogens is 1. The quantitative estimate of drug-likeness (QED) is 0.610. The molecule has 94 valence electrons. The van der Waals surface area contributed by atoms with Crippen molar-refractivity contribution in [3.8, 4) is 5.88 Å². The van der Waals surface area contributed by atoms with Crippen LogP contribution in [0.1, 0.15) is 5.56 Å². The van der Waals surface area contributed by atoms with Crippen molar-refractivity contribution in [2.75, 3.05) is 5.73 Å². The van der Waals surface area contributed by atoms with Crippen LogP contribution < -0.4 is 16.2 Å². The minimum Gasteiger partial charge on any atom is -0.392 e. The van der Waals surface area contributed by atoms with Gasteiger partial charge in [-0.15, -0.1) is 13.2 Å². The third kappa shape index (κ3) is 3.17. The average molecular weight is 252 g/mol. The maximum atomic E-state index is 12.0. The minimum absolute atomic E-state index is 0.0500. The van der Waals surface area contributed by atoms with E-state index in [1.165, 1.54) is 0 Å². The zero-order chi connectivity index (χ0) is 13.2. The Hall–Kier alpha value is -2.10. The molecule has 7 nitrogen and oxygen atoms in total. The number of rotatable bonds is 3. The van der Waals surface area contributed by atoms with E-state index in [0.717, 1.165) is 6.07 Å². The molecule has 0 aliphatic heterocycles. The molecular formula is C7H7F3N4O3. The highest BCUT2D eigenvalue weighted by Crippen LogP contribution is 2.31. The highest BCUT2D eigenvalue weighted by molar-refractivity contribution is 5.57. The van der Waals surface area contributed by atoms with Crippen molar-refractivity contribution in [3.05, 3.63) is 21.7 Å². The van der Waals surface area contributed by atoms with Gasteiger partial charge in [-0.2, -0.15) is 0 Å². The van der Waals surface area contributed by atoms with E-state index in [2.05, 4.69) is 9.72 Å². The largest absolute Gasteiger partial charge is 0.575 e. The number of halogens is 3. The Kier molecular flexibility index (Phi) is 3.36. The zero-order valence-electron chi connectivity index (χ0n) is 8.19. The van der Waals surface area contributed by atoms with Crippen LogP contribution in [0.5, 0.6) is 5.88 Å². The number of hydrogen-bond acceptors (Lipinski definition) is 6. The summed E-state index contributed by atoms with van der Waals surface area (Å²) in [6, 6.07) is 0.887. The molecular weight excluding hydrogens is 245 g/mol. The van der Waals surface area contributed by atoms with Crippen molar-refractivity contribution in [3.63, 3.8) is 0 Å². The molecule has 17 heavy (non-hydrogen) atoms. The van der Waals surface area contributed by atoms with E-state index >= 15 is 0 Å². The van der Waals surface area contributed by atoms with Crippen molar-refractivity contribution >= 4 is 11.5 Å². The lowest BCUT2D eigenvalue weighted by Crippen LogP contribution is -2.20. The van der Waals surface area contributed by atoms with Gasteiger partial charge in [0.2, 0.25) is 0 Å². The molecule has 1 rings (SSSR count). The Morgan fingerprint density at radius 2 is 2.12 bits per heavy atom. The van der Waals surface area contributed by atoms with Gasteiger partial charge in [-0.25, -0.2) is 0 Å². The van der Waals surface area contributed by atoms with Gasteiger partial charge in [0.05, 0.1) is 0 Å². The van der Waals surface area contributed by atoms with Crippen molar-refractivity contribution in [2.24, 2.45) is 5.73 Å². The van der Waals surface area contributed by atoms with E-state index in [1.807, 2.05) is 0 Å². The molecule has 1 aromatic heterocycles. The van der Waals surface area contributed by atoms with Crippen molar-refractivity contribution < 1.29 is 22.8 Å². The van der Waals surface area contributed by atoms with Crippen LogP contribution in [0.15, 0.2) is 6.07 Å². The molecule has 0 atom stereocenters. The van der Waals surface area contributed by atoms with Crippen LogP contribution >= 0.6 is 0 Å². The first kappa shape index (κ1) is 13.0. The first-order valence-corrected chi connectivity index (χ1v) is 4.14. The summed E-state index contributed by atoms with van der Waals surface area (Å²) in [4.78, 5) is 12.5. The predicted octanol–water partition coefficient (Wildman–Crippen LogP) is 0.929. The maximum absolute atomic E-state index is 12.0. The molecule has 0 radical (unpaired) electrons. The number of nitro groups is 1. The van der Waals surface area contributed by atoms with Crippen LogP contribution in [-0.2, 0) is 6.54 Å². The fourth-order valence-corrected chi connectivity index (χ4v) is 1.02. The zero-order valence-corrected chi connectivity index (χ0v) is 8.19. The standard InChI is InChI=1S/C7H7F3N4O3/c8-7(9,10)17-6-5(12)3(2-11)1-4(13-6)14(15)16/h1H,2,11-12H2. The van der Waals surface area contributed by atoms with Crippen LogP contribution in [0.2, 0.25) is 0 Å². The second kappa shape index (κ2) is 4.41. The number of nitrogens with zero attached hydrogens (tertiary/aromatic N) is 2. The molecule has 0 aliphatic carbocycles. The Balaban J connectivity index is 3.28. The summed E-state index contributed by atoms with van der Waals surface area (Å²) in [5.41, 5.74) is 9.94. The molecule has 0 bridgehead atoms. The van der Waals surface area contributed by atoms with Gasteiger partial charge in [0.15, 0.2) is 0 Å².